The van der Waals surface area contributed by atoms with E-state index >= 15 is 0 Å². The maximum absolute atomic E-state index is 11.8. The van der Waals surface area contributed by atoms with Crippen LogP contribution in [0.25, 0.3) is 10.8 Å². The molecule has 0 amide bonds. The summed E-state index contributed by atoms with van der Waals surface area (Å²) in [4.78, 5) is 13.8. The van der Waals surface area contributed by atoms with Crippen molar-refractivity contribution in [3.8, 4) is 5.75 Å². The zero-order valence-corrected chi connectivity index (χ0v) is 11.4. The molecule has 0 N–H and O–H groups in total. The fourth-order valence-corrected chi connectivity index (χ4v) is 2.02. The molecule has 0 heterocycles. The Bertz CT molecular complexity index is 561. The average molecular weight is 257 g/mol. The van der Waals surface area contributed by atoms with Crippen LogP contribution in [0, 0.1) is 0 Å². The van der Waals surface area contributed by atoms with Crippen molar-refractivity contribution in [1.29, 1.82) is 0 Å². The van der Waals surface area contributed by atoms with Gasteiger partial charge in [0.25, 0.3) is 0 Å². The number of benzene rings is 2. The first-order valence-electron chi connectivity index (χ1n) is 6.64. The van der Waals surface area contributed by atoms with Crippen molar-refractivity contribution in [3.05, 3.63) is 42.5 Å². The third-order valence-electron chi connectivity index (χ3n) is 3.20. The second kappa shape index (κ2) is 6.34. The van der Waals surface area contributed by atoms with Gasteiger partial charge in [-0.2, -0.15) is 0 Å². The van der Waals surface area contributed by atoms with Crippen molar-refractivity contribution in [2.24, 2.45) is 0 Å². The highest BCUT2D eigenvalue weighted by atomic mass is 16.5. The lowest BCUT2D eigenvalue weighted by molar-refractivity contribution is -0.135. The molecule has 0 aliphatic carbocycles. The Morgan fingerprint density at radius 1 is 1.05 bits per heavy atom. The highest BCUT2D eigenvalue weighted by Crippen LogP contribution is 2.20. The van der Waals surface area contributed by atoms with Crippen molar-refractivity contribution in [1.82, 2.24) is 4.90 Å². The minimum atomic E-state index is -0.209. The van der Waals surface area contributed by atoms with Gasteiger partial charge in [-0.25, -0.2) is 0 Å². The molecule has 0 aliphatic heterocycles. The molecule has 19 heavy (non-hydrogen) atoms. The summed E-state index contributed by atoms with van der Waals surface area (Å²) in [5.41, 5.74) is 0. The Morgan fingerprint density at radius 3 is 2.42 bits per heavy atom. The van der Waals surface area contributed by atoms with Crippen LogP contribution in [0.2, 0.25) is 0 Å². The van der Waals surface area contributed by atoms with Gasteiger partial charge in [-0.1, -0.05) is 44.2 Å². The summed E-state index contributed by atoms with van der Waals surface area (Å²) in [5.74, 6) is 0.398. The Morgan fingerprint density at radius 2 is 1.74 bits per heavy atom. The number of rotatable bonds is 5. The molecule has 3 nitrogen and oxygen atoms in total. The number of carbonyl (C=O) groups is 1. The van der Waals surface area contributed by atoms with E-state index in [0.717, 1.165) is 23.9 Å². The number of ether oxygens (including phenoxy) is 1. The van der Waals surface area contributed by atoms with Crippen LogP contribution in [0.4, 0.5) is 0 Å². The summed E-state index contributed by atoms with van der Waals surface area (Å²) in [6, 6.07) is 13.7. The van der Waals surface area contributed by atoms with Crippen molar-refractivity contribution < 1.29 is 9.53 Å². The standard InChI is InChI=1S/C16H19NO2/c1-3-17(4-2)12-16(18)19-15-10-9-13-7-5-6-8-14(13)11-15/h5-11H,3-4,12H2,1-2H3. The minimum absolute atomic E-state index is 0.209. The largest absolute Gasteiger partial charge is 0.426 e. The first-order valence-corrected chi connectivity index (χ1v) is 6.64. The molecule has 2 aromatic carbocycles. The third kappa shape index (κ3) is 3.55. The van der Waals surface area contributed by atoms with Crippen LogP contribution >= 0.6 is 0 Å². The molecule has 0 fully saturated rings. The lowest BCUT2D eigenvalue weighted by atomic mass is 10.1. The predicted octanol–water partition coefficient (Wildman–Crippen LogP) is 3.09. The molecule has 0 unspecified atom stereocenters. The van der Waals surface area contributed by atoms with Crippen molar-refractivity contribution in [3.63, 3.8) is 0 Å². The van der Waals surface area contributed by atoms with Crippen LogP contribution in [0.3, 0.4) is 0 Å². The number of hydrogen-bond donors (Lipinski definition) is 0. The number of nitrogens with zero attached hydrogens (tertiary/aromatic N) is 1. The predicted molar refractivity (Wildman–Crippen MR) is 77.4 cm³/mol. The number of fused-ring (bicyclic) bond motifs is 1. The van der Waals surface area contributed by atoms with Crippen LogP contribution in [-0.4, -0.2) is 30.5 Å². The second-order valence-electron chi connectivity index (χ2n) is 4.44. The molecular formula is C16H19NO2. The van der Waals surface area contributed by atoms with Crippen molar-refractivity contribution >= 4 is 16.7 Å². The maximum atomic E-state index is 11.8. The van der Waals surface area contributed by atoms with E-state index < -0.39 is 0 Å². The van der Waals surface area contributed by atoms with Crippen LogP contribution in [0.1, 0.15) is 13.8 Å². The topological polar surface area (TPSA) is 29.5 Å². The normalized spacial score (nSPS) is 10.9. The monoisotopic (exact) mass is 257 g/mol. The van der Waals surface area contributed by atoms with Gasteiger partial charge in [0.1, 0.15) is 5.75 Å². The third-order valence-corrected chi connectivity index (χ3v) is 3.20. The van der Waals surface area contributed by atoms with Crippen molar-refractivity contribution in [2.45, 2.75) is 13.8 Å². The van der Waals surface area contributed by atoms with E-state index in [4.69, 9.17) is 4.74 Å². The van der Waals surface area contributed by atoms with E-state index in [0.29, 0.717) is 12.3 Å². The van der Waals surface area contributed by atoms with E-state index in [1.54, 1.807) is 0 Å². The summed E-state index contributed by atoms with van der Waals surface area (Å²) in [6.07, 6.45) is 0. The quantitative estimate of drug-likeness (QED) is 0.609. The molecule has 100 valence electrons. The highest BCUT2D eigenvalue weighted by Gasteiger charge is 2.09. The van der Waals surface area contributed by atoms with E-state index in [2.05, 4.69) is 0 Å². The van der Waals surface area contributed by atoms with Crippen LogP contribution in [-0.2, 0) is 4.79 Å². The molecule has 0 bridgehead atoms. The van der Waals surface area contributed by atoms with E-state index in [1.165, 1.54) is 0 Å². The molecule has 2 rings (SSSR count). The number of likely N-dealkylation sites (N-methyl/N-ethyl adjacent to an activating group) is 1. The highest BCUT2D eigenvalue weighted by molar-refractivity contribution is 5.84. The summed E-state index contributed by atoms with van der Waals surface area (Å²) < 4.78 is 5.38. The Kier molecular flexibility index (Phi) is 4.53. The summed E-state index contributed by atoms with van der Waals surface area (Å²) in [5, 5.41) is 2.22. The molecule has 0 aromatic heterocycles. The molecule has 0 spiro atoms. The van der Waals surface area contributed by atoms with Gasteiger partial charge >= 0.3 is 5.97 Å². The summed E-state index contributed by atoms with van der Waals surface area (Å²) in [6.45, 7) is 6.10. The van der Waals surface area contributed by atoms with Crippen LogP contribution < -0.4 is 4.74 Å². The minimum Gasteiger partial charge on any atom is -0.426 e. The fourth-order valence-electron chi connectivity index (χ4n) is 2.02. The number of esters is 1. The van der Waals surface area contributed by atoms with Gasteiger partial charge in [0.2, 0.25) is 0 Å². The average Bonchev–Trinajstić information content (AvgIpc) is 2.44. The molecule has 3 heteroatoms. The molecule has 0 saturated heterocycles. The Labute approximate surface area is 113 Å². The van der Waals surface area contributed by atoms with Gasteiger partial charge in [0.15, 0.2) is 0 Å². The molecule has 0 aliphatic rings. The first-order chi connectivity index (χ1) is 9.22. The molecule has 0 atom stereocenters. The maximum Gasteiger partial charge on any atom is 0.325 e. The van der Waals surface area contributed by atoms with Crippen LogP contribution in [0.15, 0.2) is 42.5 Å². The lowest BCUT2D eigenvalue weighted by Crippen LogP contribution is -2.31. The summed E-state index contributed by atoms with van der Waals surface area (Å²) in [7, 11) is 0. The van der Waals surface area contributed by atoms with E-state index in [-0.39, 0.29) is 5.97 Å². The van der Waals surface area contributed by atoms with E-state index in [9.17, 15) is 4.79 Å². The van der Waals surface area contributed by atoms with Gasteiger partial charge in [-0.05, 0) is 36.0 Å². The number of hydrogen-bond acceptors (Lipinski definition) is 3. The zero-order chi connectivity index (χ0) is 13.7. The van der Waals surface area contributed by atoms with E-state index in [1.807, 2.05) is 61.2 Å². The van der Waals surface area contributed by atoms with Gasteiger partial charge in [-0.15, -0.1) is 0 Å². The molecule has 0 saturated carbocycles. The second-order valence-corrected chi connectivity index (χ2v) is 4.44. The molecule has 0 radical (unpaired) electrons. The SMILES string of the molecule is CCN(CC)CC(=O)Oc1ccc2ccccc2c1. The van der Waals surface area contributed by atoms with Gasteiger partial charge < -0.3 is 4.74 Å². The smallest absolute Gasteiger partial charge is 0.325 e. The number of carbonyl (C=O) groups excluding carboxylic acids is 1. The first kappa shape index (κ1) is 13.6. The molecular weight excluding hydrogens is 238 g/mol. The van der Waals surface area contributed by atoms with Gasteiger partial charge in [-0.3, -0.25) is 9.69 Å². The zero-order valence-electron chi connectivity index (χ0n) is 11.4. The Hall–Kier alpha value is -1.87. The van der Waals surface area contributed by atoms with Crippen molar-refractivity contribution in [2.75, 3.05) is 19.6 Å². The summed E-state index contributed by atoms with van der Waals surface area (Å²) >= 11 is 0. The Balaban J connectivity index is 2.06. The fraction of sp³-hybridized carbons (Fsp3) is 0.312. The van der Waals surface area contributed by atoms with Gasteiger partial charge in [0.05, 0.1) is 6.54 Å². The van der Waals surface area contributed by atoms with Gasteiger partial charge in [0, 0.05) is 0 Å². The molecule has 2 aromatic rings. The lowest BCUT2D eigenvalue weighted by Gasteiger charge is -2.16. The van der Waals surface area contributed by atoms with Crippen LogP contribution in [0.5, 0.6) is 5.75 Å².